The van der Waals surface area contributed by atoms with Gasteiger partial charge in [-0.15, -0.1) is 11.3 Å². The Morgan fingerprint density at radius 2 is 1.79 bits per heavy atom. The van der Waals surface area contributed by atoms with Gasteiger partial charge in [0, 0.05) is 23.7 Å². The van der Waals surface area contributed by atoms with Gasteiger partial charge in [-0.1, -0.05) is 42.8 Å². The van der Waals surface area contributed by atoms with E-state index in [1.807, 2.05) is 30.3 Å². The molecule has 2 fully saturated rings. The Morgan fingerprint density at radius 3 is 2.50 bits per heavy atom. The number of amides is 1. The van der Waals surface area contributed by atoms with Crippen molar-refractivity contribution in [2.45, 2.75) is 69.6 Å². The maximum atomic E-state index is 13.5. The molecule has 2 aliphatic rings. The van der Waals surface area contributed by atoms with Gasteiger partial charge in [0.25, 0.3) is 5.91 Å². The number of fused-ring (bicyclic) bond motifs is 3. The van der Waals surface area contributed by atoms with E-state index < -0.39 is 11.7 Å². The molecule has 6 rings (SSSR count). The molecule has 0 radical (unpaired) electrons. The number of alkyl halides is 3. The van der Waals surface area contributed by atoms with E-state index in [1.165, 1.54) is 17.4 Å². The molecule has 10 heteroatoms. The second-order valence-corrected chi connectivity index (χ2v) is 12.1. The van der Waals surface area contributed by atoms with Crippen LogP contribution in [0.3, 0.4) is 0 Å². The fourth-order valence-electron chi connectivity index (χ4n) is 6.24. The van der Waals surface area contributed by atoms with Gasteiger partial charge in [-0.25, -0.2) is 4.98 Å². The van der Waals surface area contributed by atoms with E-state index in [1.54, 1.807) is 31.4 Å². The van der Waals surface area contributed by atoms with Crippen LogP contribution in [0.2, 0.25) is 0 Å². The minimum Gasteiger partial charge on any atom is -0.493 e. The van der Waals surface area contributed by atoms with E-state index in [2.05, 4.69) is 15.2 Å². The maximum Gasteiger partial charge on any atom is 0.418 e. The molecule has 220 valence electrons. The van der Waals surface area contributed by atoms with E-state index in [0.717, 1.165) is 43.7 Å². The Labute approximate surface area is 246 Å². The van der Waals surface area contributed by atoms with Crippen molar-refractivity contribution in [2.24, 2.45) is 0 Å². The molecule has 1 amide bonds. The molecule has 3 heterocycles. The number of para-hydroxylation sites is 1. The molecule has 1 N–H and O–H groups in total. The maximum absolute atomic E-state index is 13.5. The third kappa shape index (κ3) is 6.10. The van der Waals surface area contributed by atoms with Crippen LogP contribution >= 0.6 is 11.3 Å². The second-order valence-electron chi connectivity index (χ2n) is 11.0. The van der Waals surface area contributed by atoms with Gasteiger partial charge >= 0.3 is 6.18 Å². The van der Waals surface area contributed by atoms with E-state index >= 15 is 0 Å². The highest BCUT2D eigenvalue weighted by molar-refractivity contribution is 7.18. The number of methoxy groups -OCH3 is 1. The number of piperidine rings is 2. The molecule has 0 spiro atoms. The molecule has 1 aromatic heterocycles. The number of hydrogen-bond donors (Lipinski definition) is 1. The average molecular weight is 596 g/mol. The largest absolute Gasteiger partial charge is 0.493 e. The Morgan fingerprint density at radius 1 is 1.02 bits per heavy atom. The first kappa shape index (κ1) is 28.5. The highest BCUT2D eigenvalue weighted by Gasteiger charge is 2.39. The highest BCUT2D eigenvalue weighted by atomic mass is 32.1. The van der Waals surface area contributed by atoms with Crippen LogP contribution in [0, 0.1) is 0 Å². The average Bonchev–Trinajstić information content (AvgIpc) is 3.39. The van der Waals surface area contributed by atoms with Crippen molar-refractivity contribution in [3.8, 4) is 11.5 Å². The summed E-state index contributed by atoms with van der Waals surface area (Å²) in [6.07, 6.45) is 0.216. The van der Waals surface area contributed by atoms with Crippen LogP contribution in [0.25, 0.3) is 10.2 Å². The summed E-state index contributed by atoms with van der Waals surface area (Å²) in [4.78, 5) is 20.1. The summed E-state index contributed by atoms with van der Waals surface area (Å²) in [5.41, 5.74) is 0.862. The summed E-state index contributed by atoms with van der Waals surface area (Å²) in [6.45, 7) is 0.878. The number of carbonyl (C=O) groups is 1. The lowest BCUT2D eigenvalue weighted by atomic mass is 9.81. The van der Waals surface area contributed by atoms with Crippen LogP contribution in [0.15, 0.2) is 66.7 Å². The molecule has 0 saturated carbocycles. The Hall–Kier alpha value is -3.63. The van der Waals surface area contributed by atoms with Crippen molar-refractivity contribution in [1.29, 1.82) is 0 Å². The number of carbonyl (C=O) groups excluding carboxylic acids is 1. The third-order valence-electron chi connectivity index (χ3n) is 8.21. The predicted molar refractivity (Wildman–Crippen MR) is 156 cm³/mol. The number of halogens is 3. The van der Waals surface area contributed by atoms with Crippen molar-refractivity contribution < 1.29 is 27.4 Å². The highest BCUT2D eigenvalue weighted by Crippen LogP contribution is 2.39. The molecule has 2 atom stereocenters. The van der Waals surface area contributed by atoms with Gasteiger partial charge in [0.1, 0.15) is 11.6 Å². The predicted octanol–water partition coefficient (Wildman–Crippen LogP) is 7.22. The smallest absolute Gasteiger partial charge is 0.418 e. The van der Waals surface area contributed by atoms with Crippen molar-refractivity contribution in [3.05, 3.63) is 88.4 Å². The van der Waals surface area contributed by atoms with Gasteiger partial charge in [-0.2, -0.15) is 13.2 Å². The topological polar surface area (TPSA) is 63.7 Å². The quantitative estimate of drug-likeness (QED) is 0.233. The number of rotatable bonds is 8. The number of ether oxygens (including phenoxy) is 2. The molecule has 2 aliphatic heterocycles. The van der Waals surface area contributed by atoms with E-state index in [9.17, 15) is 18.0 Å². The zero-order valence-corrected chi connectivity index (χ0v) is 24.0. The summed E-state index contributed by atoms with van der Waals surface area (Å²) in [7, 11) is 1.57. The van der Waals surface area contributed by atoms with Crippen molar-refractivity contribution in [1.82, 2.24) is 15.2 Å². The van der Waals surface area contributed by atoms with Gasteiger partial charge in [-0.05, 0) is 61.6 Å². The van der Waals surface area contributed by atoms with E-state index in [-0.39, 0.29) is 29.5 Å². The molecule has 2 saturated heterocycles. The summed E-state index contributed by atoms with van der Waals surface area (Å²) in [5, 5.41) is 3.93. The summed E-state index contributed by atoms with van der Waals surface area (Å²) < 4.78 is 52.6. The van der Waals surface area contributed by atoms with Crippen molar-refractivity contribution >= 4 is 27.5 Å². The Kier molecular flexibility index (Phi) is 8.09. The van der Waals surface area contributed by atoms with Crippen LogP contribution < -0.4 is 14.8 Å². The van der Waals surface area contributed by atoms with Crippen LogP contribution in [-0.4, -0.2) is 41.0 Å². The second kappa shape index (κ2) is 11.9. The minimum absolute atomic E-state index is 0.00652. The van der Waals surface area contributed by atoms with Gasteiger partial charge in [0.05, 0.1) is 29.4 Å². The van der Waals surface area contributed by atoms with Crippen LogP contribution in [0.5, 0.6) is 11.5 Å². The molecule has 4 aromatic rings. The summed E-state index contributed by atoms with van der Waals surface area (Å²) in [6, 6.07) is 19.7. The molecule has 2 unspecified atom stereocenters. The Balaban J connectivity index is 1.12. The molecular weight excluding hydrogens is 563 g/mol. The first-order valence-electron chi connectivity index (χ1n) is 14.2. The van der Waals surface area contributed by atoms with Crippen LogP contribution in [0.1, 0.15) is 58.6 Å². The fraction of sp³-hybridized carbons (Fsp3) is 0.375. The van der Waals surface area contributed by atoms with Crippen molar-refractivity contribution in [3.63, 3.8) is 0 Å². The van der Waals surface area contributed by atoms with Crippen LogP contribution in [0.4, 0.5) is 13.2 Å². The Bertz CT molecular complexity index is 1550. The zero-order chi connectivity index (χ0) is 29.3. The monoisotopic (exact) mass is 595 g/mol. The third-order valence-corrected chi connectivity index (χ3v) is 9.22. The number of aromatic nitrogens is 1. The number of nitrogens with zero attached hydrogens (tertiary/aromatic N) is 2. The van der Waals surface area contributed by atoms with Crippen LogP contribution in [-0.2, 0) is 19.3 Å². The lowest BCUT2D eigenvalue weighted by Crippen LogP contribution is -2.56. The molecule has 42 heavy (non-hydrogen) atoms. The SMILES string of the molecule is COc1ccc(C(=O)NC2CC3CCCC(C2)N3Cc2nc3c(C(F)(F)F)cccc3s2)cc1OCc1ccccc1. The van der Waals surface area contributed by atoms with Gasteiger partial charge < -0.3 is 14.8 Å². The normalized spacial score (nSPS) is 20.8. The first-order chi connectivity index (χ1) is 20.3. The fourth-order valence-corrected chi connectivity index (χ4v) is 7.24. The summed E-state index contributed by atoms with van der Waals surface area (Å²) in [5.74, 6) is 0.900. The number of thiazole rings is 1. The molecular formula is C32H32F3N3O3S. The molecule has 3 aromatic carbocycles. The van der Waals surface area contributed by atoms with Gasteiger partial charge in [0.2, 0.25) is 0 Å². The van der Waals surface area contributed by atoms with Gasteiger partial charge in [-0.3, -0.25) is 9.69 Å². The molecule has 0 aliphatic carbocycles. The van der Waals surface area contributed by atoms with Crippen molar-refractivity contribution in [2.75, 3.05) is 7.11 Å². The standard InChI is InChI=1S/C32H32F3N3O3S/c1-40-26-14-13-21(15-27(26)41-19-20-7-3-2-4-8-20)31(39)36-22-16-23-9-5-10-24(17-22)38(23)18-29-37-30-25(32(33,34)35)11-6-12-28(30)42-29/h2-4,6-8,11-15,22-24H,5,9-10,16-19H2,1H3,(H,36,39). The molecule has 6 nitrogen and oxygen atoms in total. The lowest BCUT2D eigenvalue weighted by Gasteiger charge is -2.48. The summed E-state index contributed by atoms with van der Waals surface area (Å²) >= 11 is 1.33. The number of hydrogen-bond acceptors (Lipinski definition) is 6. The van der Waals surface area contributed by atoms with E-state index in [4.69, 9.17) is 9.47 Å². The van der Waals surface area contributed by atoms with Gasteiger partial charge in [0.15, 0.2) is 11.5 Å². The molecule has 2 bridgehead atoms. The first-order valence-corrected chi connectivity index (χ1v) is 15.0. The lowest BCUT2D eigenvalue weighted by molar-refractivity contribution is -0.136. The number of benzene rings is 3. The van der Waals surface area contributed by atoms with E-state index in [0.29, 0.717) is 39.9 Å². The number of nitrogens with one attached hydrogen (secondary N) is 1. The zero-order valence-electron chi connectivity index (χ0n) is 23.2. The minimum atomic E-state index is -4.43.